The van der Waals surface area contributed by atoms with Crippen molar-refractivity contribution >= 4 is 51.0 Å². The second kappa shape index (κ2) is 7.56. The molecule has 0 aliphatic rings. The number of aromatic nitrogens is 1. The predicted octanol–water partition coefficient (Wildman–Crippen LogP) is 5.13. The van der Waals surface area contributed by atoms with E-state index in [0.29, 0.717) is 22.0 Å². The van der Waals surface area contributed by atoms with Crippen LogP contribution in [0.5, 0.6) is 0 Å². The molecule has 4 aromatic rings. The number of benzene rings is 2. The monoisotopic (exact) mass is 408 g/mol. The number of fused-ring (bicyclic) bond motifs is 3. The van der Waals surface area contributed by atoms with Gasteiger partial charge in [-0.3, -0.25) is 4.79 Å². The first-order valence-corrected chi connectivity index (χ1v) is 9.36. The molecule has 0 spiro atoms. The maximum Gasteiger partial charge on any atom is 0.375 e. The summed E-state index contributed by atoms with van der Waals surface area (Å²) in [5, 5.41) is 5.78. The zero-order chi connectivity index (χ0) is 20.5. The van der Waals surface area contributed by atoms with Gasteiger partial charge in [0.1, 0.15) is 11.4 Å². The molecule has 29 heavy (non-hydrogen) atoms. The Hall–Kier alpha value is -3.38. The standard InChI is InChI=1S/C22H17ClN2O4/c1-12-16-9-7-14-5-3-4-6-17(14)20(16)29-19(12)22(27)28-13(2)21(26)25-18-10-8-15(23)11-24-18/h3-11,13H,1-2H3,(H,24,25,26). The fourth-order valence-corrected chi connectivity index (χ4v) is 3.20. The van der Waals surface area contributed by atoms with Crippen LogP contribution in [0, 0.1) is 6.92 Å². The molecule has 0 aliphatic carbocycles. The van der Waals surface area contributed by atoms with Crippen LogP contribution in [0.2, 0.25) is 5.02 Å². The van der Waals surface area contributed by atoms with Crippen molar-refractivity contribution in [3.8, 4) is 0 Å². The number of ether oxygens (including phenoxy) is 1. The number of hydrogen-bond donors (Lipinski definition) is 1. The Morgan fingerprint density at radius 2 is 1.90 bits per heavy atom. The van der Waals surface area contributed by atoms with Crippen molar-refractivity contribution in [2.75, 3.05) is 5.32 Å². The lowest BCUT2D eigenvalue weighted by atomic mass is 10.1. The molecule has 1 N–H and O–H groups in total. The molecule has 0 fully saturated rings. The highest BCUT2D eigenvalue weighted by molar-refractivity contribution is 6.30. The molecule has 1 atom stereocenters. The number of hydrogen-bond acceptors (Lipinski definition) is 5. The molecule has 7 heteroatoms. The first-order valence-electron chi connectivity index (χ1n) is 8.98. The predicted molar refractivity (Wildman–Crippen MR) is 111 cm³/mol. The number of nitrogens with one attached hydrogen (secondary N) is 1. The van der Waals surface area contributed by atoms with Crippen LogP contribution >= 0.6 is 11.6 Å². The van der Waals surface area contributed by atoms with Crippen molar-refractivity contribution in [2.24, 2.45) is 0 Å². The van der Waals surface area contributed by atoms with Gasteiger partial charge in [0.2, 0.25) is 5.76 Å². The van der Waals surface area contributed by atoms with Crippen LogP contribution in [0.3, 0.4) is 0 Å². The lowest BCUT2D eigenvalue weighted by Gasteiger charge is -2.12. The van der Waals surface area contributed by atoms with E-state index in [-0.39, 0.29) is 5.76 Å². The van der Waals surface area contributed by atoms with Crippen LogP contribution in [0.1, 0.15) is 23.0 Å². The minimum absolute atomic E-state index is 0.0839. The SMILES string of the molecule is Cc1c(C(=O)OC(C)C(=O)Nc2ccc(Cl)cn2)oc2c1ccc1ccccc12. The van der Waals surface area contributed by atoms with Gasteiger partial charge in [0.05, 0.1) is 5.02 Å². The zero-order valence-corrected chi connectivity index (χ0v) is 16.5. The molecule has 0 saturated heterocycles. The van der Waals surface area contributed by atoms with E-state index < -0.39 is 18.0 Å². The molecule has 1 unspecified atom stereocenters. The van der Waals surface area contributed by atoms with Gasteiger partial charge in [0.15, 0.2) is 6.10 Å². The van der Waals surface area contributed by atoms with Crippen molar-refractivity contribution < 1.29 is 18.7 Å². The van der Waals surface area contributed by atoms with E-state index in [2.05, 4.69) is 10.3 Å². The van der Waals surface area contributed by atoms with E-state index in [1.165, 1.54) is 13.1 Å². The highest BCUT2D eigenvalue weighted by Gasteiger charge is 2.25. The summed E-state index contributed by atoms with van der Waals surface area (Å²) in [6.07, 6.45) is 0.375. The van der Waals surface area contributed by atoms with Crippen molar-refractivity contribution in [2.45, 2.75) is 20.0 Å². The Bertz CT molecular complexity index is 1230. The molecule has 2 aromatic carbocycles. The van der Waals surface area contributed by atoms with Crippen molar-refractivity contribution in [3.05, 3.63) is 71.1 Å². The van der Waals surface area contributed by atoms with Gasteiger partial charge >= 0.3 is 5.97 Å². The third-order valence-corrected chi connectivity index (χ3v) is 4.87. The third kappa shape index (κ3) is 3.67. The number of esters is 1. The Morgan fingerprint density at radius 1 is 1.10 bits per heavy atom. The van der Waals surface area contributed by atoms with Crippen molar-refractivity contribution in [1.82, 2.24) is 4.98 Å². The van der Waals surface area contributed by atoms with Gasteiger partial charge in [0.25, 0.3) is 5.91 Å². The summed E-state index contributed by atoms with van der Waals surface area (Å²) in [6.45, 7) is 3.27. The molecule has 2 heterocycles. The van der Waals surface area contributed by atoms with Gasteiger partial charge in [0, 0.05) is 22.5 Å². The Labute approximate surface area is 171 Å². The molecular formula is C22H17ClN2O4. The van der Waals surface area contributed by atoms with E-state index in [4.69, 9.17) is 20.8 Å². The molecule has 4 rings (SSSR count). The second-order valence-corrected chi connectivity index (χ2v) is 7.05. The lowest BCUT2D eigenvalue weighted by Crippen LogP contribution is -2.30. The van der Waals surface area contributed by atoms with E-state index in [1.54, 1.807) is 19.1 Å². The van der Waals surface area contributed by atoms with Crippen LogP contribution in [0.4, 0.5) is 5.82 Å². The summed E-state index contributed by atoms with van der Waals surface area (Å²) in [6, 6.07) is 14.8. The summed E-state index contributed by atoms with van der Waals surface area (Å²) in [4.78, 5) is 28.9. The fourth-order valence-electron chi connectivity index (χ4n) is 3.09. The molecule has 146 valence electrons. The lowest BCUT2D eigenvalue weighted by molar-refractivity contribution is -0.123. The van der Waals surface area contributed by atoms with Crippen LogP contribution in [-0.2, 0) is 9.53 Å². The molecule has 0 saturated carbocycles. The number of pyridine rings is 1. The first-order chi connectivity index (χ1) is 13.9. The number of amides is 1. The molecule has 2 aromatic heterocycles. The highest BCUT2D eigenvalue weighted by Crippen LogP contribution is 2.32. The number of nitrogens with zero attached hydrogens (tertiary/aromatic N) is 1. The van der Waals surface area contributed by atoms with Gasteiger partial charge in [-0.25, -0.2) is 9.78 Å². The number of rotatable bonds is 4. The first kappa shape index (κ1) is 19.0. The molecule has 6 nitrogen and oxygen atoms in total. The van der Waals surface area contributed by atoms with E-state index >= 15 is 0 Å². The van der Waals surface area contributed by atoms with Crippen LogP contribution < -0.4 is 5.32 Å². The summed E-state index contributed by atoms with van der Waals surface area (Å²) in [7, 11) is 0. The summed E-state index contributed by atoms with van der Waals surface area (Å²) in [5.41, 5.74) is 1.29. The summed E-state index contributed by atoms with van der Waals surface area (Å²) in [5.74, 6) is -0.809. The Balaban J connectivity index is 1.55. The summed E-state index contributed by atoms with van der Waals surface area (Å²) >= 11 is 5.78. The quantitative estimate of drug-likeness (QED) is 0.473. The van der Waals surface area contributed by atoms with Crippen LogP contribution in [-0.4, -0.2) is 23.0 Å². The van der Waals surface area contributed by atoms with Gasteiger partial charge in [-0.15, -0.1) is 0 Å². The van der Waals surface area contributed by atoms with Gasteiger partial charge < -0.3 is 14.5 Å². The molecular weight excluding hydrogens is 392 g/mol. The van der Waals surface area contributed by atoms with Crippen LogP contribution in [0.25, 0.3) is 21.7 Å². The maximum absolute atomic E-state index is 12.7. The normalized spacial score (nSPS) is 12.1. The number of carbonyl (C=O) groups excluding carboxylic acids is 2. The molecule has 1 amide bonds. The highest BCUT2D eigenvalue weighted by atomic mass is 35.5. The summed E-state index contributed by atoms with van der Waals surface area (Å²) < 4.78 is 11.2. The van der Waals surface area contributed by atoms with Crippen molar-refractivity contribution in [1.29, 1.82) is 0 Å². The third-order valence-electron chi connectivity index (χ3n) is 4.65. The van der Waals surface area contributed by atoms with E-state index in [9.17, 15) is 9.59 Å². The van der Waals surface area contributed by atoms with Crippen molar-refractivity contribution in [3.63, 3.8) is 0 Å². The second-order valence-electron chi connectivity index (χ2n) is 6.62. The topological polar surface area (TPSA) is 81.4 Å². The number of carbonyl (C=O) groups is 2. The van der Waals surface area contributed by atoms with Gasteiger partial charge in [-0.1, -0.05) is 48.0 Å². The van der Waals surface area contributed by atoms with Crippen LogP contribution in [0.15, 0.2) is 59.1 Å². The fraction of sp³-hybridized carbons (Fsp3) is 0.136. The molecule has 0 aliphatic heterocycles. The Kier molecular flexibility index (Phi) is 4.94. The number of halogens is 1. The smallest absolute Gasteiger partial charge is 0.375 e. The molecule has 0 bridgehead atoms. The number of anilines is 1. The Morgan fingerprint density at radius 3 is 2.66 bits per heavy atom. The van der Waals surface area contributed by atoms with Gasteiger partial charge in [-0.05, 0) is 31.4 Å². The number of furan rings is 1. The largest absolute Gasteiger partial charge is 0.448 e. The average Bonchev–Trinajstić information content (AvgIpc) is 3.07. The molecule has 0 radical (unpaired) electrons. The average molecular weight is 409 g/mol. The minimum atomic E-state index is -1.04. The van der Waals surface area contributed by atoms with E-state index in [1.807, 2.05) is 36.4 Å². The minimum Gasteiger partial charge on any atom is -0.448 e. The van der Waals surface area contributed by atoms with Gasteiger partial charge in [-0.2, -0.15) is 0 Å². The maximum atomic E-state index is 12.7. The van der Waals surface area contributed by atoms with E-state index in [0.717, 1.165) is 16.2 Å². The number of aryl methyl sites for hydroxylation is 1. The zero-order valence-electron chi connectivity index (χ0n) is 15.7.